The van der Waals surface area contributed by atoms with Crippen LogP contribution in [-0.4, -0.2) is 23.2 Å². The van der Waals surface area contributed by atoms with Gasteiger partial charge in [0.05, 0.1) is 5.69 Å². The third-order valence-electron chi connectivity index (χ3n) is 1.74. The summed E-state index contributed by atoms with van der Waals surface area (Å²) in [6.07, 6.45) is 3.69. The summed E-state index contributed by atoms with van der Waals surface area (Å²) < 4.78 is 0. The normalized spacial score (nSPS) is 10.3. The van der Waals surface area contributed by atoms with Crippen molar-refractivity contribution in [3.8, 4) is 0 Å². The molecule has 0 aliphatic carbocycles. The number of anilines is 1. The van der Waals surface area contributed by atoms with Crippen molar-refractivity contribution in [1.29, 1.82) is 0 Å². The van der Waals surface area contributed by atoms with E-state index >= 15 is 0 Å². The summed E-state index contributed by atoms with van der Waals surface area (Å²) in [5, 5.41) is 11.0. The predicted octanol–water partition coefficient (Wildman–Crippen LogP) is 1.99. The molecule has 1 amide bonds. The lowest BCUT2D eigenvalue weighted by atomic mass is 10.3. The van der Waals surface area contributed by atoms with Crippen molar-refractivity contribution < 1.29 is 14.7 Å². The largest absolute Gasteiger partial charge is 0.478 e. The lowest BCUT2D eigenvalue weighted by Gasteiger charge is -2.06. The molecule has 0 atom stereocenters. The average Bonchev–Trinajstić information content (AvgIpc) is 2.27. The second kappa shape index (κ2) is 5.97. The molecule has 0 radical (unpaired) electrons. The van der Waals surface area contributed by atoms with E-state index < -0.39 is 11.9 Å². The molecule has 0 fully saturated rings. The van der Waals surface area contributed by atoms with Crippen molar-refractivity contribution in [3.05, 3.63) is 36.4 Å². The van der Waals surface area contributed by atoms with Crippen molar-refractivity contribution in [3.63, 3.8) is 0 Å². The van der Waals surface area contributed by atoms with Crippen LogP contribution in [0.1, 0.15) is 0 Å². The Bertz CT molecular complexity index is 429. The molecule has 0 aliphatic heterocycles. The summed E-state index contributed by atoms with van der Waals surface area (Å²) in [6.45, 7) is 0. The Morgan fingerprint density at radius 3 is 2.62 bits per heavy atom. The van der Waals surface area contributed by atoms with E-state index in [2.05, 4.69) is 5.32 Å². The number of hydrogen-bond donors (Lipinski definition) is 2. The first-order valence-electron chi connectivity index (χ1n) is 4.48. The second-order valence-corrected chi connectivity index (χ2v) is 3.71. The van der Waals surface area contributed by atoms with Crippen LogP contribution >= 0.6 is 11.8 Å². The predicted molar refractivity (Wildman–Crippen MR) is 63.6 cm³/mol. The number of carbonyl (C=O) groups excluding carboxylic acids is 1. The van der Waals surface area contributed by atoms with Crippen LogP contribution in [-0.2, 0) is 9.59 Å². The lowest BCUT2D eigenvalue weighted by molar-refractivity contribution is -0.131. The first kappa shape index (κ1) is 12.3. The molecular weight excluding hydrogens is 226 g/mol. The first-order chi connectivity index (χ1) is 7.63. The molecule has 5 heteroatoms. The fraction of sp³-hybridized carbons (Fsp3) is 0.0909. The first-order valence-corrected chi connectivity index (χ1v) is 5.71. The number of carboxylic acids is 1. The molecule has 0 spiro atoms. The third-order valence-corrected chi connectivity index (χ3v) is 2.54. The highest BCUT2D eigenvalue weighted by molar-refractivity contribution is 7.98. The van der Waals surface area contributed by atoms with Crippen molar-refractivity contribution in [2.24, 2.45) is 0 Å². The minimum absolute atomic E-state index is 0.455. The number of thioether (sulfide) groups is 1. The Balaban J connectivity index is 2.73. The smallest absolute Gasteiger partial charge is 0.328 e. The number of nitrogens with one attached hydrogen (secondary N) is 1. The van der Waals surface area contributed by atoms with Gasteiger partial charge < -0.3 is 10.4 Å². The zero-order valence-electron chi connectivity index (χ0n) is 8.64. The zero-order valence-corrected chi connectivity index (χ0v) is 9.45. The molecule has 0 heterocycles. The van der Waals surface area contributed by atoms with E-state index in [0.717, 1.165) is 17.0 Å². The van der Waals surface area contributed by atoms with Gasteiger partial charge in [-0.1, -0.05) is 12.1 Å². The molecule has 0 saturated heterocycles. The van der Waals surface area contributed by atoms with Crippen molar-refractivity contribution >= 4 is 29.3 Å². The van der Waals surface area contributed by atoms with E-state index in [1.54, 1.807) is 12.1 Å². The van der Waals surface area contributed by atoms with Crippen molar-refractivity contribution in [2.75, 3.05) is 11.6 Å². The molecule has 0 unspecified atom stereocenters. The summed E-state index contributed by atoms with van der Waals surface area (Å²) in [5.41, 5.74) is 0.676. The van der Waals surface area contributed by atoms with Gasteiger partial charge in [0.2, 0.25) is 5.91 Å². The molecule has 4 nitrogen and oxygen atoms in total. The Labute approximate surface area is 97.4 Å². The zero-order chi connectivity index (χ0) is 12.0. The lowest BCUT2D eigenvalue weighted by Crippen LogP contribution is -2.09. The minimum Gasteiger partial charge on any atom is -0.478 e. The van der Waals surface area contributed by atoms with Gasteiger partial charge in [-0.3, -0.25) is 4.79 Å². The molecule has 0 bridgehead atoms. The monoisotopic (exact) mass is 237 g/mol. The molecular formula is C11H11NO3S. The molecule has 0 aromatic heterocycles. The number of rotatable bonds is 4. The molecule has 2 N–H and O–H groups in total. The number of carboxylic acid groups (broad SMARTS) is 1. The van der Waals surface area contributed by atoms with E-state index in [1.165, 1.54) is 11.8 Å². The topological polar surface area (TPSA) is 66.4 Å². The van der Waals surface area contributed by atoms with Gasteiger partial charge in [-0.25, -0.2) is 4.79 Å². The molecule has 1 aromatic carbocycles. The summed E-state index contributed by atoms with van der Waals surface area (Å²) in [6, 6.07) is 7.31. The minimum atomic E-state index is -1.15. The highest BCUT2D eigenvalue weighted by Crippen LogP contribution is 2.24. The number of carbonyl (C=O) groups is 2. The number of hydrogen-bond acceptors (Lipinski definition) is 3. The fourth-order valence-corrected chi connectivity index (χ4v) is 1.62. The van der Waals surface area contributed by atoms with E-state index in [-0.39, 0.29) is 0 Å². The van der Waals surface area contributed by atoms with E-state index in [4.69, 9.17) is 5.11 Å². The van der Waals surface area contributed by atoms with Gasteiger partial charge in [0.15, 0.2) is 0 Å². The van der Waals surface area contributed by atoms with Gasteiger partial charge in [-0.2, -0.15) is 0 Å². The van der Waals surface area contributed by atoms with Crippen molar-refractivity contribution in [2.45, 2.75) is 4.90 Å². The SMILES string of the molecule is CSc1ccccc1NC(=O)/C=C/C(=O)O. The van der Waals surface area contributed by atoms with Crippen LogP contribution in [0, 0.1) is 0 Å². The van der Waals surface area contributed by atoms with Gasteiger partial charge in [0.1, 0.15) is 0 Å². The maximum Gasteiger partial charge on any atom is 0.328 e. The average molecular weight is 237 g/mol. The van der Waals surface area contributed by atoms with Crippen LogP contribution in [0.4, 0.5) is 5.69 Å². The van der Waals surface area contributed by atoms with E-state index in [9.17, 15) is 9.59 Å². The highest BCUT2D eigenvalue weighted by Gasteiger charge is 2.03. The molecule has 0 aliphatic rings. The number of para-hydroxylation sites is 1. The fourth-order valence-electron chi connectivity index (χ4n) is 1.07. The van der Waals surface area contributed by atoms with Gasteiger partial charge in [0.25, 0.3) is 0 Å². The van der Waals surface area contributed by atoms with Crippen LogP contribution < -0.4 is 5.32 Å². The van der Waals surface area contributed by atoms with Gasteiger partial charge >= 0.3 is 5.97 Å². The van der Waals surface area contributed by atoms with E-state index in [1.807, 2.05) is 18.4 Å². The standard InChI is InChI=1S/C11H11NO3S/c1-16-9-5-3-2-4-8(9)12-10(13)6-7-11(14)15/h2-7H,1H3,(H,12,13)(H,14,15)/b7-6+. The van der Waals surface area contributed by atoms with Gasteiger partial charge in [-0.15, -0.1) is 11.8 Å². The summed E-state index contributed by atoms with van der Waals surface area (Å²) in [5.74, 6) is -1.60. The molecule has 0 saturated carbocycles. The van der Waals surface area contributed by atoms with Crippen LogP contribution in [0.5, 0.6) is 0 Å². The Kier molecular flexibility index (Phi) is 4.60. The number of aliphatic carboxylic acids is 1. The van der Waals surface area contributed by atoms with Crippen LogP contribution in [0.3, 0.4) is 0 Å². The Morgan fingerprint density at radius 2 is 2.00 bits per heavy atom. The molecule has 1 aromatic rings. The summed E-state index contributed by atoms with van der Waals surface area (Å²) in [4.78, 5) is 22.5. The van der Waals surface area contributed by atoms with Crippen LogP contribution in [0.25, 0.3) is 0 Å². The quantitative estimate of drug-likeness (QED) is 0.620. The molecule has 84 valence electrons. The second-order valence-electron chi connectivity index (χ2n) is 2.86. The van der Waals surface area contributed by atoms with Crippen LogP contribution in [0.15, 0.2) is 41.3 Å². The molecule has 16 heavy (non-hydrogen) atoms. The summed E-state index contributed by atoms with van der Waals surface area (Å²) in [7, 11) is 0. The maximum atomic E-state index is 11.3. The summed E-state index contributed by atoms with van der Waals surface area (Å²) >= 11 is 1.51. The Hall–Kier alpha value is -1.75. The number of benzene rings is 1. The molecule has 1 rings (SSSR count). The van der Waals surface area contributed by atoms with Crippen LogP contribution in [0.2, 0.25) is 0 Å². The Morgan fingerprint density at radius 1 is 1.31 bits per heavy atom. The third kappa shape index (κ3) is 3.78. The van der Waals surface area contributed by atoms with Crippen molar-refractivity contribution in [1.82, 2.24) is 0 Å². The van der Waals surface area contributed by atoms with E-state index in [0.29, 0.717) is 5.69 Å². The van der Waals surface area contributed by atoms with Gasteiger partial charge in [0, 0.05) is 17.0 Å². The van der Waals surface area contributed by atoms with Gasteiger partial charge in [-0.05, 0) is 18.4 Å². The number of amides is 1. The highest BCUT2D eigenvalue weighted by atomic mass is 32.2. The maximum absolute atomic E-state index is 11.3.